The van der Waals surface area contributed by atoms with E-state index in [4.69, 9.17) is 11.6 Å². The van der Waals surface area contributed by atoms with Crippen molar-refractivity contribution >= 4 is 40.5 Å². The first kappa shape index (κ1) is 14.4. The Morgan fingerprint density at radius 3 is 2.55 bits per heavy atom. The lowest BCUT2D eigenvalue weighted by Gasteiger charge is -2.07. The Morgan fingerprint density at radius 1 is 1.25 bits per heavy atom. The summed E-state index contributed by atoms with van der Waals surface area (Å²) in [5.41, 5.74) is 0.495. The average molecular weight is 294 g/mol. The summed E-state index contributed by atoms with van der Waals surface area (Å²) in [4.78, 5) is 47.5. The Bertz CT molecular complexity index is 624. The van der Waals surface area contributed by atoms with E-state index >= 15 is 0 Å². The number of alkyl halides is 1. The molecule has 0 saturated heterocycles. The van der Waals surface area contributed by atoms with Crippen LogP contribution in [-0.2, 0) is 9.59 Å². The number of ketones is 3. The van der Waals surface area contributed by atoms with Gasteiger partial charge in [0.15, 0.2) is 17.3 Å². The van der Waals surface area contributed by atoms with Crippen LogP contribution in [0.15, 0.2) is 18.2 Å². The van der Waals surface area contributed by atoms with Gasteiger partial charge in [-0.3, -0.25) is 19.2 Å². The highest BCUT2D eigenvalue weighted by atomic mass is 35.5. The maximum absolute atomic E-state index is 12.3. The van der Waals surface area contributed by atoms with Crippen LogP contribution in [0, 0.1) is 5.92 Å². The number of fused-ring (bicyclic) bond motifs is 1. The topological polar surface area (TPSA) is 80.3 Å². The van der Waals surface area contributed by atoms with Crippen molar-refractivity contribution in [1.82, 2.24) is 0 Å². The number of benzene rings is 1. The lowest BCUT2D eigenvalue weighted by atomic mass is 9.97. The van der Waals surface area contributed by atoms with Crippen molar-refractivity contribution in [3.63, 3.8) is 0 Å². The zero-order valence-corrected chi connectivity index (χ0v) is 11.5. The number of nitrogens with one attached hydrogen (secondary N) is 1. The molecule has 0 spiro atoms. The molecule has 1 aliphatic carbocycles. The molecule has 1 atom stereocenters. The van der Waals surface area contributed by atoms with Crippen LogP contribution in [0.1, 0.15) is 34.1 Å². The van der Waals surface area contributed by atoms with Gasteiger partial charge in [0.2, 0.25) is 5.91 Å². The summed E-state index contributed by atoms with van der Waals surface area (Å²) >= 11 is 5.40. The van der Waals surface area contributed by atoms with Gasteiger partial charge in [0.25, 0.3) is 0 Å². The smallest absolute Gasteiger partial charge is 0.239 e. The Labute approximate surface area is 120 Å². The largest absolute Gasteiger partial charge is 0.324 e. The molecule has 20 heavy (non-hydrogen) atoms. The third kappa shape index (κ3) is 2.25. The summed E-state index contributed by atoms with van der Waals surface area (Å²) in [5.74, 6) is -3.48. The first-order chi connectivity index (χ1) is 9.51. The summed E-state index contributed by atoms with van der Waals surface area (Å²) in [5, 5.41) is 2.47. The normalized spacial score (nSPS) is 17.0. The summed E-state index contributed by atoms with van der Waals surface area (Å²) in [6.45, 7) is 1.60. The summed E-state index contributed by atoms with van der Waals surface area (Å²) in [6.07, 6.45) is 0.111. The van der Waals surface area contributed by atoms with Gasteiger partial charge < -0.3 is 5.32 Å². The quantitative estimate of drug-likeness (QED) is 0.678. The van der Waals surface area contributed by atoms with Gasteiger partial charge in [-0.15, -0.1) is 11.6 Å². The van der Waals surface area contributed by atoms with Crippen molar-refractivity contribution in [3.8, 4) is 0 Å². The van der Waals surface area contributed by atoms with Crippen LogP contribution in [0.3, 0.4) is 0 Å². The monoisotopic (exact) mass is 293 g/mol. The molecule has 0 heterocycles. The molecule has 0 fully saturated rings. The third-order valence-electron chi connectivity index (χ3n) is 3.17. The van der Waals surface area contributed by atoms with E-state index in [1.807, 2.05) is 0 Å². The van der Waals surface area contributed by atoms with Gasteiger partial charge in [-0.05, 0) is 6.07 Å². The molecule has 104 valence electrons. The number of halogens is 1. The Hall–Kier alpha value is -2.01. The summed E-state index contributed by atoms with van der Waals surface area (Å²) in [7, 11) is 0. The van der Waals surface area contributed by atoms with E-state index in [1.54, 1.807) is 13.0 Å². The number of amides is 1. The molecule has 1 aromatic rings. The Kier molecular flexibility index (Phi) is 3.99. The van der Waals surface area contributed by atoms with Gasteiger partial charge in [0.05, 0.1) is 11.3 Å². The number of rotatable bonds is 4. The Balaban J connectivity index is 2.48. The number of carbonyl (C=O) groups is 4. The minimum atomic E-state index is -1.27. The molecule has 6 heteroatoms. The predicted octanol–water partition coefficient (Wildman–Crippen LogP) is 1.84. The molecule has 1 unspecified atom stereocenters. The zero-order chi connectivity index (χ0) is 14.9. The van der Waals surface area contributed by atoms with E-state index in [-0.39, 0.29) is 29.1 Å². The molecular formula is C14H12ClNO4. The van der Waals surface area contributed by atoms with E-state index < -0.39 is 29.2 Å². The van der Waals surface area contributed by atoms with Crippen molar-refractivity contribution < 1.29 is 19.2 Å². The summed E-state index contributed by atoms with van der Waals surface area (Å²) in [6, 6.07) is 4.54. The van der Waals surface area contributed by atoms with Crippen LogP contribution in [-0.4, -0.2) is 29.1 Å². The van der Waals surface area contributed by atoms with Gasteiger partial charge in [0.1, 0.15) is 11.8 Å². The number of hydrogen-bond acceptors (Lipinski definition) is 4. The van der Waals surface area contributed by atoms with Gasteiger partial charge in [-0.1, -0.05) is 19.1 Å². The minimum absolute atomic E-state index is 0.0998. The van der Waals surface area contributed by atoms with Gasteiger partial charge in [0, 0.05) is 12.0 Å². The fraction of sp³-hybridized carbons (Fsp3) is 0.286. The van der Waals surface area contributed by atoms with Crippen LogP contribution in [0.25, 0.3) is 0 Å². The van der Waals surface area contributed by atoms with Crippen LogP contribution >= 0.6 is 11.6 Å². The molecule has 0 radical (unpaired) electrons. The van der Waals surface area contributed by atoms with Crippen LogP contribution in [0.2, 0.25) is 0 Å². The maximum atomic E-state index is 12.3. The molecule has 0 aromatic heterocycles. The molecule has 1 aliphatic rings. The molecule has 1 amide bonds. The SMILES string of the molecule is CCC(=O)C1C(=O)c2cccc(NC(=O)CCl)c2C1=O. The second-order valence-electron chi connectivity index (χ2n) is 4.39. The van der Waals surface area contributed by atoms with E-state index in [0.717, 1.165) is 0 Å². The van der Waals surface area contributed by atoms with Crippen LogP contribution in [0.5, 0.6) is 0 Å². The van der Waals surface area contributed by atoms with Gasteiger partial charge in [-0.25, -0.2) is 0 Å². The standard InChI is InChI=1S/C14H12ClNO4/c1-2-9(17)12-13(19)7-4-3-5-8(11(7)14(12)20)16-10(18)6-15/h3-5,12H,2,6H2,1H3,(H,16,18). The fourth-order valence-electron chi connectivity index (χ4n) is 2.23. The summed E-state index contributed by atoms with van der Waals surface area (Å²) < 4.78 is 0. The molecule has 0 saturated carbocycles. The van der Waals surface area contributed by atoms with E-state index in [1.165, 1.54) is 12.1 Å². The number of anilines is 1. The highest BCUT2D eigenvalue weighted by molar-refractivity contribution is 6.37. The predicted molar refractivity (Wildman–Crippen MR) is 73.2 cm³/mol. The molecule has 1 N–H and O–H groups in total. The van der Waals surface area contributed by atoms with E-state index in [0.29, 0.717) is 0 Å². The van der Waals surface area contributed by atoms with E-state index in [2.05, 4.69) is 5.32 Å². The second-order valence-corrected chi connectivity index (χ2v) is 4.66. The number of hydrogen-bond donors (Lipinski definition) is 1. The molecule has 2 rings (SSSR count). The lowest BCUT2D eigenvalue weighted by molar-refractivity contribution is -0.120. The fourth-order valence-corrected chi connectivity index (χ4v) is 2.29. The van der Waals surface area contributed by atoms with Gasteiger partial charge in [-0.2, -0.15) is 0 Å². The second kappa shape index (κ2) is 5.54. The van der Waals surface area contributed by atoms with Gasteiger partial charge >= 0.3 is 0 Å². The van der Waals surface area contributed by atoms with E-state index in [9.17, 15) is 19.2 Å². The number of carbonyl (C=O) groups excluding carboxylic acids is 4. The van der Waals surface area contributed by atoms with Crippen molar-refractivity contribution in [2.75, 3.05) is 11.2 Å². The van der Waals surface area contributed by atoms with Crippen molar-refractivity contribution in [2.24, 2.45) is 5.92 Å². The lowest BCUT2D eigenvalue weighted by Crippen LogP contribution is -2.25. The van der Waals surface area contributed by atoms with Crippen molar-refractivity contribution in [1.29, 1.82) is 0 Å². The van der Waals surface area contributed by atoms with Crippen LogP contribution in [0.4, 0.5) is 5.69 Å². The molecule has 0 bridgehead atoms. The first-order valence-corrected chi connectivity index (χ1v) is 6.64. The third-order valence-corrected chi connectivity index (χ3v) is 3.41. The Morgan fingerprint density at radius 2 is 1.95 bits per heavy atom. The van der Waals surface area contributed by atoms with Crippen molar-refractivity contribution in [3.05, 3.63) is 29.3 Å². The van der Waals surface area contributed by atoms with Crippen LogP contribution < -0.4 is 5.32 Å². The first-order valence-electron chi connectivity index (χ1n) is 6.11. The highest BCUT2D eigenvalue weighted by Gasteiger charge is 2.43. The molecule has 5 nitrogen and oxygen atoms in total. The molecular weight excluding hydrogens is 282 g/mol. The average Bonchev–Trinajstić information content (AvgIpc) is 2.71. The minimum Gasteiger partial charge on any atom is -0.324 e. The highest BCUT2D eigenvalue weighted by Crippen LogP contribution is 2.33. The van der Waals surface area contributed by atoms with Crippen molar-refractivity contribution in [2.45, 2.75) is 13.3 Å². The molecule has 0 aliphatic heterocycles. The zero-order valence-electron chi connectivity index (χ0n) is 10.7. The maximum Gasteiger partial charge on any atom is 0.239 e. The number of Topliss-reactive ketones (excluding diaryl/α,β-unsaturated/α-hetero) is 3. The molecule has 1 aromatic carbocycles.